The molecule has 1 heterocycles. The van der Waals surface area contributed by atoms with Gasteiger partial charge >= 0.3 is 6.03 Å². The van der Waals surface area contributed by atoms with Crippen molar-refractivity contribution in [3.63, 3.8) is 0 Å². The van der Waals surface area contributed by atoms with Gasteiger partial charge in [0.05, 0.1) is 0 Å². The fourth-order valence-electron chi connectivity index (χ4n) is 3.52. The number of carbonyl (C=O) groups excluding carboxylic acids is 1. The molecule has 1 aromatic carbocycles. The molecule has 2 atom stereocenters. The smallest absolute Gasteiger partial charge is 0.322 e. The van der Waals surface area contributed by atoms with Crippen LogP contribution in [0.25, 0.3) is 0 Å². The van der Waals surface area contributed by atoms with Gasteiger partial charge in [-0.3, -0.25) is 0 Å². The van der Waals surface area contributed by atoms with E-state index in [1.165, 1.54) is 19.3 Å². The van der Waals surface area contributed by atoms with E-state index in [0.717, 1.165) is 31.0 Å². The molecule has 3 rings (SSSR count). The number of benzene rings is 1. The molecular weight excluding hydrogens is 238 g/mol. The van der Waals surface area contributed by atoms with Crippen LogP contribution in [0.2, 0.25) is 0 Å². The summed E-state index contributed by atoms with van der Waals surface area (Å²) in [6, 6.07) is 7.85. The lowest BCUT2D eigenvalue weighted by Gasteiger charge is -2.37. The largest absolute Gasteiger partial charge is 0.399 e. The summed E-state index contributed by atoms with van der Waals surface area (Å²) in [4.78, 5) is 14.4. The molecule has 1 saturated carbocycles. The Morgan fingerprint density at radius 2 is 2.11 bits per heavy atom. The van der Waals surface area contributed by atoms with Gasteiger partial charge in [-0.25, -0.2) is 4.79 Å². The highest BCUT2D eigenvalue weighted by Crippen LogP contribution is 2.36. The summed E-state index contributed by atoms with van der Waals surface area (Å²) in [6.07, 6.45) is 6.12. The van der Waals surface area contributed by atoms with Crippen molar-refractivity contribution in [2.24, 2.45) is 5.92 Å². The number of fused-ring (bicyclic) bond motifs is 1. The highest BCUT2D eigenvalue weighted by Gasteiger charge is 2.37. The van der Waals surface area contributed by atoms with Crippen LogP contribution in [0.1, 0.15) is 32.1 Å². The van der Waals surface area contributed by atoms with Crippen LogP contribution in [-0.2, 0) is 0 Å². The SMILES string of the molecule is Nc1cccc(NC(=O)N2CCCC3CCCC32)c1. The molecule has 0 aromatic heterocycles. The number of nitrogen functional groups attached to an aromatic ring is 1. The van der Waals surface area contributed by atoms with Crippen LogP contribution in [0.4, 0.5) is 16.2 Å². The maximum Gasteiger partial charge on any atom is 0.322 e. The molecule has 0 spiro atoms. The summed E-state index contributed by atoms with van der Waals surface area (Å²) in [6.45, 7) is 0.884. The first-order valence-electron chi connectivity index (χ1n) is 7.17. The Bertz CT molecular complexity index is 474. The number of piperidine rings is 1. The van der Waals surface area contributed by atoms with E-state index < -0.39 is 0 Å². The van der Waals surface area contributed by atoms with Crippen LogP contribution < -0.4 is 11.1 Å². The van der Waals surface area contributed by atoms with Crippen molar-refractivity contribution < 1.29 is 4.79 Å². The number of anilines is 2. The van der Waals surface area contributed by atoms with Crippen molar-refractivity contribution >= 4 is 17.4 Å². The van der Waals surface area contributed by atoms with Gasteiger partial charge in [-0.1, -0.05) is 12.5 Å². The third-order valence-electron chi connectivity index (χ3n) is 4.39. The molecule has 2 aliphatic rings. The van der Waals surface area contributed by atoms with E-state index in [9.17, 15) is 4.79 Å². The molecule has 0 bridgehead atoms. The van der Waals surface area contributed by atoms with Crippen molar-refractivity contribution in [1.29, 1.82) is 0 Å². The van der Waals surface area contributed by atoms with Crippen LogP contribution >= 0.6 is 0 Å². The minimum atomic E-state index is 0.0298. The van der Waals surface area contributed by atoms with E-state index >= 15 is 0 Å². The number of carbonyl (C=O) groups is 1. The van der Waals surface area contributed by atoms with E-state index in [4.69, 9.17) is 5.73 Å². The topological polar surface area (TPSA) is 58.4 Å². The number of rotatable bonds is 1. The fourth-order valence-corrected chi connectivity index (χ4v) is 3.52. The molecule has 2 fully saturated rings. The normalized spacial score (nSPS) is 26.0. The van der Waals surface area contributed by atoms with Crippen LogP contribution in [0.15, 0.2) is 24.3 Å². The Hall–Kier alpha value is -1.71. The number of hydrogen-bond donors (Lipinski definition) is 2. The second-order valence-corrected chi connectivity index (χ2v) is 5.65. The first-order valence-corrected chi connectivity index (χ1v) is 7.17. The van der Waals surface area contributed by atoms with Crippen molar-refractivity contribution in [2.75, 3.05) is 17.6 Å². The van der Waals surface area contributed by atoms with Crippen molar-refractivity contribution in [3.8, 4) is 0 Å². The number of nitrogens with one attached hydrogen (secondary N) is 1. The molecule has 1 aliphatic heterocycles. The molecule has 19 heavy (non-hydrogen) atoms. The molecular formula is C15H21N3O. The number of amides is 2. The minimum absolute atomic E-state index is 0.0298. The lowest BCUT2D eigenvalue weighted by molar-refractivity contribution is 0.138. The maximum absolute atomic E-state index is 12.4. The molecule has 0 radical (unpaired) electrons. The van der Waals surface area contributed by atoms with Gasteiger partial charge in [0.25, 0.3) is 0 Å². The molecule has 4 nitrogen and oxygen atoms in total. The van der Waals surface area contributed by atoms with Crippen LogP contribution in [0.3, 0.4) is 0 Å². The van der Waals surface area contributed by atoms with Gasteiger partial charge in [-0.2, -0.15) is 0 Å². The van der Waals surface area contributed by atoms with E-state index in [0.29, 0.717) is 11.7 Å². The Morgan fingerprint density at radius 1 is 1.26 bits per heavy atom. The lowest BCUT2D eigenvalue weighted by Crippen LogP contribution is -2.48. The van der Waals surface area contributed by atoms with Gasteiger partial charge < -0.3 is 16.0 Å². The van der Waals surface area contributed by atoms with Gasteiger partial charge in [0.1, 0.15) is 0 Å². The molecule has 1 aliphatic carbocycles. The first-order chi connectivity index (χ1) is 9.24. The molecule has 4 heteroatoms. The van der Waals surface area contributed by atoms with E-state index in [-0.39, 0.29) is 6.03 Å². The average molecular weight is 259 g/mol. The summed E-state index contributed by atoms with van der Waals surface area (Å²) >= 11 is 0. The fraction of sp³-hybridized carbons (Fsp3) is 0.533. The van der Waals surface area contributed by atoms with Crippen LogP contribution in [-0.4, -0.2) is 23.5 Å². The zero-order valence-corrected chi connectivity index (χ0v) is 11.1. The summed E-state index contributed by atoms with van der Waals surface area (Å²) < 4.78 is 0. The van der Waals surface area contributed by atoms with Crippen molar-refractivity contribution in [1.82, 2.24) is 4.90 Å². The summed E-state index contributed by atoms with van der Waals surface area (Å²) in [7, 11) is 0. The zero-order chi connectivity index (χ0) is 13.2. The van der Waals surface area contributed by atoms with E-state index in [1.807, 2.05) is 23.1 Å². The minimum Gasteiger partial charge on any atom is -0.399 e. The van der Waals surface area contributed by atoms with Gasteiger partial charge in [0.2, 0.25) is 0 Å². The molecule has 1 aromatic rings. The predicted octanol–water partition coefficient (Wildman–Crippen LogP) is 3.07. The standard InChI is InChI=1S/C15H21N3O/c16-12-6-2-7-13(10-12)17-15(19)18-9-3-5-11-4-1-8-14(11)18/h2,6-7,10-11,14H,1,3-5,8-9,16H2,(H,17,19). The number of nitrogens with two attached hydrogens (primary N) is 1. The Kier molecular flexibility index (Phi) is 3.32. The van der Waals surface area contributed by atoms with Crippen LogP contribution in [0, 0.1) is 5.92 Å². The second-order valence-electron chi connectivity index (χ2n) is 5.65. The van der Waals surface area contributed by atoms with Gasteiger partial charge in [0.15, 0.2) is 0 Å². The molecule has 102 valence electrons. The zero-order valence-electron chi connectivity index (χ0n) is 11.1. The van der Waals surface area contributed by atoms with Gasteiger partial charge in [-0.15, -0.1) is 0 Å². The van der Waals surface area contributed by atoms with Crippen molar-refractivity contribution in [3.05, 3.63) is 24.3 Å². The van der Waals surface area contributed by atoms with Crippen molar-refractivity contribution in [2.45, 2.75) is 38.1 Å². The highest BCUT2D eigenvalue weighted by molar-refractivity contribution is 5.90. The van der Waals surface area contributed by atoms with E-state index in [1.54, 1.807) is 6.07 Å². The Labute approximate surface area is 114 Å². The number of likely N-dealkylation sites (tertiary alicyclic amines) is 1. The molecule has 2 amide bonds. The summed E-state index contributed by atoms with van der Waals surface area (Å²) in [5.74, 6) is 0.723. The summed E-state index contributed by atoms with van der Waals surface area (Å²) in [5, 5.41) is 2.97. The second kappa shape index (κ2) is 5.11. The average Bonchev–Trinajstić information content (AvgIpc) is 2.86. The lowest BCUT2D eigenvalue weighted by atomic mass is 9.92. The Balaban J connectivity index is 1.69. The summed E-state index contributed by atoms with van der Waals surface area (Å²) in [5.41, 5.74) is 7.19. The highest BCUT2D eigenvalue weighted by atomic mass is 16.2. The molecule has 2 unspecified atom stereocenters. The quantitative estimate of drug-likeness (QED) is 0.761. The third-order valence-corrected chi connectivity index (χ3v) is 4.39. The Morgan fingerprint density at radius 3 is 2.95 bits per heavy atom. The monoisotopic (exact) mass is 259 g/mol. The van der Waals surface area contributed by atoms with Gasteiger partial charge in [-0.05, 0) is 49.8 Å². The predicted molar refractivity (Wildman–Crippen MR) is 76.9 cm³/mol. The number of urea groups is 1. The molecule has 3 N–H and O–H groups in total. The van der Waals surface area contributed by atoms with E-state index in [2.05, 4.69) is 5.32 Å². The molecule has 1 saturated heterocycles. The van der Waals surface area contributed by atoms with Crippen LogP contribution in [0.5, 0.6) is 0 Å². The first kappa shape index (κ1) is 12.3. The van der Waals surface area contributed by atoms with Gasteiger partial charge in [0, 0.05) is 24.0 Å². The maximum atomic E-state index is 12.4. The third kappa shape index (κ3) is 2.53. The number of hydrogen-bond acceptors (Lipinski definition) is 2. The number of nitrogens with zero attached hydrogens (tertiary/aromatic N) is 1.